The molecule has 1 aromatic carbocycles. The molecule has 0 spiro atoms. The Bertz CT molecular complexity index is 902. The summed E-state index contributed by atoms with van der Waals surface area (Å²) in [5.41, 5.74) is -0.350. The minimum absolute atomic E-state index is 0.0490. The van der Waals surface area contributed by atoms with Crippen LogP contribution in [0, 0.1) is 11.7 Å². The highest BCUT2D eigenvalue weighted by molar-refractivity contribution is 7.89. The van der Waals surface area contributed by atoms with Gasteiger partial charge in [-0.15, -0.1) is 0 Å². The number of rotatable bonds is 12. The van der Waals surface area contributed by atoms with Crippen LogP contribution < -0.4 is 14.8 Å². The van der Waals surface area contributed by atoms with E-state index in [-0.39, 0.29) is 29.9 Å². The van der Waals surface area contributed by atoms with E-state index in [1.807, 2.05) is 13.8 Å². The fourth-order valence-corrected chi connectivity index (χ4v) is 4.77. The van der Waals surface area contributed by atoms with Crippen molar-refractivity contribution in [3.05, 3.63) is 29.6 Å². The number of nitrogens with zero attached hydrogens (tertiary/aromatic N) is 1. The molecule has 0 aromatic heterocycles. The SMILES string of the molecule is CC(C)COc1cc(C(C)(C)NS(=O)(=O)CCCCCN2CC(=O)NC2=O)ccc1F. The van der Waals surface area contributed by atoms with E-state index in [9.17, 15) is 22.4 Å². The van der Waals surface area contributed by atoms with Gasteiger partial charge in [0.2, 0.25) is 15.9 Å². The zero-order valence-electron chi connectivity index (χ0n) is 18.5. The minimum Gasteiger partial charge on any atom is -0.490 e. The zero-order chi connectivity index (χ0) is 23.2. The number of nitrogens with one attached hydrogen (secondary N) is 2. The van der Waals surface area contributed by atoms with Crippen LogP contribution in [0.4, 0.5) is 9.18 Å². The lowest BCUT2D eigenvalue weighted by Crippen LogP contribution is -2.42. The number of carbonyl (C=O) groups is 2. The largest absolute Gasteiger partial charge is 0.490 e. The van der Waals surface area contributed by atoms with Crippen molar-refractivity contribution >= 4 is 22.0 Å². The summed E-state index contributed by atoms with van der Waals surface area (Å²) in [6, 6.07) is 3.95. The Morgan fingerprint density at radius 3 is 2.55 bits per heavy atom. The molecule has 0 aliphatic carbocycles. The third-order valence-corrected chi connectivity index (χ3v) is 6.49. The maximum absolute atomic E-state index is 14.0. The lowest BCUT2D eigenvalue weighted by atomic mass is 9.95. The number of sulfonamides is 1. The Morgan fingerprint density at radius 1 is 1.23 bits per heavy atom. The molecule has 0 saturated carbocycles. The van der Waals surface area contributed by atoms with Crippen LogP contribution in [0.3, 0.4) is 0 Å². The van der Waals surface area contributed by atoms with Crippen molar-refractivity contribution in [3.8, 4) is 5.75 Å². The van der Waals surface area contributed by atoms with E-state index in [4.69, 9.17) is 4.74 Å². The third kappa shape index (κ3) is 7.77. The van der Waals surface area contributed by atoms with Crippen LogP contribution in [0.15, 0.2) is 18.2 Å². The van der Waals surface area contributed by atoms with Gasteiger partial charge in [-0.05, 0) is 50.3 Å². The van der Waals surface area contributed by atoms with Crippen molar-refractivity contribution < 1.29 is 27.1 Å². The number of ether oxygens (including phenoxy) is 1. The van der Waals surface area contributed by atoms with Gasteiger partial charge in [0, 0.05) is 6.54 Å². The number of hydrogen-bond donors (Lipinski definition) is 2. The second-order valence-corrected chi connectivity index (χ2v) is 10.6. The van der Waals surface area contributed by atoms with E-state index < -0.39 is 27.4 Å². The first kappa shape index (κ1) is 25.1. The maximum Gasteiger partial charge on any atom is 0.324 e. The normalized spacial score (nSPS) is 15.0. The molecule has 174 valence electrons. The van der Waals surface area contributed by atoms with Gasteiger partial charge in [0.15, 0.2) is 11.6 Å². The molecule has 31 heavy (non-hydrogen) atoms. The van der Waals surface area contributed by atoms with Gasteiger partial charge in [-0.1, -0.05) is 26.3 Å². The van der Waals surface area contributed by atoms with Crippen LogP contribution in [0.1, 0.15) is 52.5 Å². The van der Waals surface area contributed by atoms with Gasteiger partial charge in [0.05, 0.1) is 17.9 Å². The summed E-state index contributed by atoms with van der Waals surface area (Å²) >= 11 is 0. The van der Waals surface area contributed by atoms with Gasteiger partial charge < -0.3 is 9.64 Å². The summed E-state index contributed by atoms with van der Waals surface area (Å²) in [7, 11) is -3.59. The number of imide groups is 1. The molecule has 1 aliphatic rings. The number of urea groups is 1. The molecule has 10 heteroatoms. The van der Waals surface area contributed by atoms with Gasteiger partial charge in [0.25, 0.3) is 0 Å². The number of carbonyl (C=O) groups excluding carboxylic acids is 2. The van der Waals surface area contributed by atoms with Crippen molar-refractivity contribution in [1.82, 2.24) is 14.9 Å². The highest BCUT2D eigenvalue weighted by Crippen LogP contribution is 2.27. The Morgan fingerprint density at radius 2 is 1.94 bits per heavy atom. The highest BCUT2D eigenvalue weighted by atomic mass is 32.2. The average molecular weight is 458 g/mol. The monoisotopic (exact) mass is 457 g/mol. The topological polar surface area (TPSA) is 105 Å². The molecular weight excluding hydrogens is 425 g/mol. The smallest absolute Gasteiger partial charge is 0.324 e. The molecule has 1 fully saturated rings. The fourth-order valence-electron chi connectivity index (χ4n) is 3.19. The molecule has 1 aromatic rings. The summed E-state index contributed by atoms with van der Waals surface area (Å²) in [5, 5.41) is 2.20. The van der Waals surface area contributed by atoms with Gasteiger partial charge >= 0.3 is 6.03 Å². The molecule has 0 bridgehead atoms. The molecule has 2 N–H and O–H groups in total. The lowest BCUT2D eigenvalue weighted by Gasteiger charge is -2.27. The Labute approximate surface area is 183 Å². The van der Waals surface area contributed by atoms with Crippen molar-refractivity contribution in [2.45, 2.75) is 52.5 Å². The number of hydrogen-bond acceptors (Lipinski definition) is 5. The molecule has 0 atom stereocenters. The molecule has 1 saturated heterocycles. The van der Waals surface area contributed by atoms with E-state index in [0.717, 1.165) is 0 Å². The molecule has 0 unspecified atom stereocenters. The van der Waals surface area contributed by atoms with E-state index in [1.165, 1.54) is 17.0 Å². The summed E-state index contributed by atoms with van der Waals surface area (Å²) < 4.78 is 47.3. The average Bonchev–Trinajstić information content (AvgIpc) is 2.96. The van der Waals surface area contributed by atoms with Crippen LogP contribution >= 0.6 is 0 Å². The summed E-state index contributed by atoms with van der Waals surface area (Å²) in [5.74, 6) is -0.550. The Hall–Kier alpha value is -2.20. The highest BCUT2D eigenvalue weighted by Gasteiger charge is 2.28. The summed E-state index contributed by atoms with van der Waals surface area (Å²) in [4.78, 5) is 24.0. The molecule has 2 rings (SSSR count). The first-order valence-corrected chi connectivity index (χ1v) is 12.1. The number of amides is 3. The van der Waals surface area contributed by atoms with Gasteiger partial charge in [-0.3, -0.25) is 10.1 Å². The van der Waals surface area contributed by atoms with Crippen LogP contribution in [-0.2, 0) is 20.4 Å². The first-order chi connectivity index (χ1) is 14.4. The van der Waals surface area contributed by atoms with Crippen molar-refractivity contribution in [2.24, 2.45) is 5.92 Å². The molecule has 1 aliphatic heterocycles. The Balaban J connectivity index is 1.87. The molecule has 3 amide bonds. The quantitative estimate of drug-likeness (QED) is 0.371. The van der Waals surface area contributed by atoms with Gasteiger partial charge in [-0.2, -0.15) is 0 Å². The molecular formula is C21H32FN3O5S. The first-order valence-electron chi connectivity index (χ1n) is 10.4. The predicted octanol–water partition coefficient (Wildman–Crippen LogP) is 2.74. The third-order valence-electron chi connectivity index (χ3n) is 4.84. The molecule has 1 heterocycles. The number of halogens is 1. The molecule has 8 nitrogen and oxygen atoms in total. The van der Waals surface area contributed by atoms with Crippen molar-refractivity contribution in [1.29, 1.82) is 0 Å². The second kappa shape index (κ2) is 10.4. The Kier molecular flexibility index (Phi) is 8.41. The maximum atomic E-state index is 14.0. The standard InChI is InChI=1S/C21H32FN3O5S/c1-15(2)14-30-18-12-16(8-9-17(18)22)21(3,4)24-31(28,29)11-7-5-6-10-25-13-19(26)23-20(25)27/h8-9,12,15,24H,5-7,10-11,13-14H2,1-4H3,(H,23,26,27). The van der Waals surface area contributed by atoms with E-state index in [2.05, 4.69) is 10.0 Å². The van der Waals surface area contributed by atoms with Crippen LogP contribution in [-0.4, -0.2) is 50.7 Å². The van der Waals surface area contributed by atoms with Gasteiger partial charge in [0.1, 0.15) is 6.54 Å². The second-order valence-electron chi connectivity index (χ2n) is 8.73. The van der Waals surface area contributed by atoms with Crippen molar-refractivity contribution in [2.75, 3.05) is 25.4 Å². The van der Waals surface area contributed by atoms with Crippen LogP contribution in [0.5, 0.6) is 5.75 Å². The summed E-state index contributed by atoms with van der Waals surface area (Å²) in [6.45, 7) is 8.16. The van der Waals surface area contributed by atoms with E-state index >= 15 is 0 Å². The number of benzene rings is 1. The van der Waals surface area contributed by atoms with E-state index in [0.29, 0.717) is 38.0 Å². The fraction of sp³-hybridized carbons (Fsp3) is 0.619. The minimum atomic E-state index is -3.59. The van der Waals surface area contributed by atoms with Crippen LogP contribution in [0.2, 0.25) is 0 Å². The zero-order valence-corrected chi connectivity index (χ0v) is 19.4. The molecule has 0 radical (unpaired) electrons. The number of unbranched alkanes of at least 4 members (excludes halogenated alkanes) is 2. The summed E-state index contributed by atoms with van der Waals surface area (Å²) in [6.07, 6.45) is 1.62. The van der Waals surface area contributed by atoms with Crippen molar-refractivity contribution in [3.63, 3.8) is 0 Å². The lowest BCUT2D eigenvalue weighted by molar-refractivity contribution is -0.118. The van der Waals surface area contributed by atoms with E-state index in [1.54, 1.807) is 19.9 Å². The van der Waals surface area contributed by atoms with Crippen LogP contribution in [0.25, 0.3) is 0 Å². The van der Waals surface area contributed by atoms with Gasteiger partial charge in [-0.25, -0.2) is 22.3 Å². The predicted molar refractivity (Wildman–Crippen MR) is 116 cm³/mol.